The second kappa shape index (κ2) is 13.1. The zero-order valence-electron chi connectivity index (χ0n) is 27.9. The maximum atomic E-state index is 11.8. The summed E-state index contributed by atoms with van der Waals surface area (Å²) in [5.41, 5.74) is 14.1. The molecule has 0 spiro atoms. The highest BCUT2D eigenvalue weighted by Gasteiger charge is 2.24. The Labute approximate surface area is 278 Å². The van der Waals surface area contributed by atoms with Gasteiger partial charge in [0.25, 0.3) is 0 Å². The monoisotopic (exact) mass is 644 g/mol. The third-order valence-electron chi connectivity index (χ3n) is 9.64. The number of aryl methyl sites for hydroxylation is 3. The Morgan fingerprint density at radius 1 is 0.688 bits per heavy atom. The first-order chi connectivity index (χ1) is 23.0. The summed E-state index contributed by atoms with van der Waals surface area (Å²) < 4.78 is 0. The standard InChI is InChI=1S/C39H40N4O5/c1-6-25-20(2)28-16-29-21(3)26(12-14-36(44)45)33(41-29)19-34-27(13-15-37(46)47)22(4)30(42-34)18-35-38(39(48)24-10-8-7-9-11-24)23(5)31(43-35)17-32(25)40-28/h7-11,16-19,39-40,43,48H,6,12-15H2,1-5H3,(H,44,45)(H,46,47). The van der Waals surface area contributed by atoms with Crippen molar-refractivity contribution in [2.75, 3.05) is 0 Å². The van der Waals surface area contributed by atoms with E-state index in [0.29, 0.717) is 29.0 Å². The Bertz CT molecular complexity index is 2190. The molecule has 0 aliphatic carbocycles. The molecule has 0 amide bonds. The number of aliphatic hydroxyl groups is 1. The van der Waals surface area contributed by atoms with Crippen molar-refractivity contribution < 1.29 is 24.9 Å². The Hall–Kier alpha value is -5.28. The highest BCUT2D eigenvalue weighted by atomic mass is 16.4. The van der Waals surface area contributed by atoms with Gasteiger partial charge in [-0.25, -0.2) is 9.97 Å². The van der Waals surface area contributed by atoms with E-state index < -0.39 is 18.0 Å². The topological polar surface area (TPSA) is 152 Å². The molecule has 9 nitrogen and oxygen atoms in total. The van der Waals surface area contributed by atoms with Crippen molar-refractivity contribution in [1.29, 1.82) is 0 Å². The second-order valence-electron chi connectivity index (χ2n) is 12.6. The van der Waals surface area contributed by atoms with Gasteiger partial charge in [-0.15, -0.1) is 0 Å². The number of aliphatic carboxylic acids is 2. The van der Waals surface area contributed by atoms with Crippen LogP contribution in [-0.4, -0.2) is 47.2 Å². The van der Waals surface area contributed by atoms with Crippen LogP contribution in [0.3, 0.4) is 0 Å². The lowest BCUT2D eigenvalue weighted by Crippen LogP contribution is -2.00. The van der Waals surface area contributed by atoms with Gasteiger partial charge in [-0.05, 0) is 116 Å². The van der Waals surface area contributed by atoms with Gasteiger partial charge in [0.15, 0.2) is 0 Å². The number of allylic oxidation sites excluding steroid dienone is 4. The van der Waals surface area contributed by atoms with Crippen molar-refractivity contribution in [3.05, 3.63) is 105 Å². The molecule has 246 valence electrons. The fourth-order valence-electron chi connectivity index (χ4n) is 6.89. The number of hydrogen-bond acceptors (Lipinski definition) is 5. The molecule has 48 heavy (non-hydrogen) atoms. The first-order valence-electron chi connectivity index (χ1n) is 16.3. The second-order valence-corrected chi connectivity index (χ2v) is 12.6. The molecule has 6 rings (SSSR count). The molecular formula is C39H40N4O5. The molecule has 0 saturated carbocycles. The molecule has 1 atom stereocenters. The summed E-state index contributed by atoms with van der Waals surface area (Å²) in [4.78, 5) is 40.5. The van der Waals surface area contributed by atoms with Crippen molar-refractivity contribution in [3.63, 3.8) is 0 Å². The van der Waals surface area contributed by atoms with Crippen LogP contribution >= 0.6 is 0 Å². The number of rotatable bonds is 9. The summed E-state index contributed by atoms with van der Waals surface area (Å²) in [7, 11) is 0. The number of benzene rings is 1. The number of nitrogens with one attached hydrogen (secondary N) is 2. The molecule has 9 heteroatoms. The SMILES string of the molecule is CCc1c(C)c2cc3nc(cc4nc(cc5[nH]c(cc1[nH]2)c(C)c5C(O)c1ccccc1)C(C)=C4CCC(=O)O)C(CCC(=O)O)=C3C. The molecular weight excluding hydrogens is 604 g/mol. The molecule has 1 aromatic carbocycles. The van der Waals surface area contributed by atoms with Crippen LogP contribution in [0.5, 0.6) is 0 Å². The van der Waals surface area contributed by atoms with Gasteiger partial charge in [0, 0.05) is 40.5 Å². The van der Waals surface area contributed by atoms with Crippen LogP contribution in [0, 0.1) is 13.8 Å². The van der Waals surface area contributed by atoms with Crippen molar-refractivity contribution in [2.24, 2.45) is 0 Å². The molecule has 5 heterocycles. The third kappa shape index (κ3) is 6.09. The van der Waals surface area contributed by atoms with Crippen molar-refractivity contribution in [2.45, 2.75) is 72.8 Å². The maximum absolute atomic E-state index is 11.8. The van der Waals surface area contributed by atoms with Gasteiger partial charge in [0.05, 0.1) is 22.8 Å². The number of aromatic amines is 2. The van der Waals surface area contributed by atoms with Gasteiger partial charge < -0.3 is 25.3 Å². The Morgan fingerprint density at radius 2 is 1.21 bits per heavy atom. The van der Waals surface area contributed by atoms with Gasteiger partial charge >= 0.3 is 11.9 Å². The number of nitrogens with zero attached hydrogens (tertiary/aromatic N) is 2. The maximum Gasteiger partial charge on any atom is 0.303 e. The first-order valence-corrected chi connectivity index (χ1v) is 16.3. The van der Waals surface area contributed by atoms with E-state index in [1.54, 1.807) is 0 Å². The van der Waals surface area contributed by atoms with Crippen LogP contribution in [0.25, 0.3) is 44.4 Å². The van der Waals surface area contributed by atoms with Crippen molar-refractivity contribution in [1.82, 2.24) is 19.9 Å². The van der Waals surface area contributed by atoms with Crippen LogP contribution in [0.4, 0.5) is 0 Å². The van der Waals surface area contributed by atoms with E-state index in [1.165, 1.54) is 0 Å². The average Bonchev–Trinajstić information content (AvgIpc) is 3.72. The lowest BCUT2D eigenvalue weighted by molar-refractivity contribution is -0.137. The normalized spacial score (nSPS) is 13.7. The number of aromatic nitrogens is 4. The number of hydrogen-bond donors (Lipinski definition) is 5. The number of carbonyl (C=O) groups is 2. The first kappa shape index (κ1) is 32.7. The molecule has 2 aliphatic rings. The quantitative estimate of drug-likeness (QED) is 0.123. The van der Waals surface area contributed by atoms with Crippen molar-refractivity contribution in [3.8, 4) is 0 Å². The van der Waals surface area contributed by atoms with Crippen LogP contribution in [0.15, 0.2) is 54.6 Å². The minimum Gasteiger partial charge on any atom is -0.481 e. The Balaban J connectivity index is 1.74. The summed E-state index contributed by atoms with van der Waals surface area (Å²) in [5.74, 6) is -1.80. The molecule has 2 aliphatic heterocycles. The molecule has 1 unspecified atom stereocenters. The number of H-pyrrole nitrogens is 2. The molecule has 5 N–H and O–H groups in total. The number of carboxylic acids is 2. The lowest BCUT2D eigenvalue weighted by atomic mass is 9.97. The number of carboxylic acid groups (broad SMARTS) is 2. The van der Waals surface area contributed by atoms with E-state index in [2.05, 4.69) is 29.9 Å². The van der Waals surface area contributed by atoms with E-state index in [-0.39, 0.29) is 19.3 Å². The zero-order chi connectivity index (χ0) is 34.3. The fourth-order valence-corrected chi connectivity index (χ4v) is 6.89. The molecule has 8 bridgehead atoms. The van der Waals surface area contributed by atoms with E-state index in [9.17, 15) is 24.9 Å². The van der Waals surface area contributed by atoms with Crippen LogP contribution < -0.4 is 0 Å². The molecule has 3 aromatic heterocycles. The molecule has 0 saturated heterocycles. The van der Waals surface area contributed by atoms with Crippen LogP contribution in [0.2, 0.25) is 0 Å². The van der Waals surface area contributed by atoms with Gasteiger partial charge in [-0.3, -0.25) is 9.59 Å². The van der Waals surface area contributed by atoms with Crippen LogP contribution in [-0.2, 0) is 16.0 Å². The third-order valence-corrected chi connectivity index (χ3v) is 9.64. The fraction of sp³-hybridized carbons (Fsp3) is 0.282. The summed E-state index contributed by atoms with van der Waals surface area (Å²) >= 11 is 0. The van der Waals surface area contributed by atoms with E-state index in [4.69, 9.17) is 9.97 Å². The van der Waals surface area contributed by atoms with Gasteiger partial charge in [0.1, 0.15) is 6.10 Å². The highest BCUT2D eigenvalue weighted by Crippen LogP contribution is 2.39. The van der Waals surface area contributed by atoms with Gasteiger partial charge in [0.2, 0.25) is 0 Å². The van der Waals surface area contributed by atoms with Crippen molar-refractivity contribution >= 4 is 56.3 Å². The highest BCUT2D eigenvalue weighted by molar-refractivity contribution is 5.96. The number of aliphatic hydroxyl groups excluding tert-OH is 1. The minimum atomic E-state index is -0.910. The molecule has 4 aromatic rings. The van der Waals surface area contributed by atoms with E-state index in [1.807, 2.05) is 69.3 Å². The number of fused-ring (bicyclic) bond motifs is 8. The summed E-state index contributed by atoms with van der Waals surface area (Å²) in [6.07, 6.45) is 0.338. The molecule has 0 radical (unpaired) electrons. The molecule has 0 fully saturated rings. The zero-order valence-corrected chi connectivity index (χ0v) is 27.9. The summed E-state index contributed by atoms with van der Waals surface area (Å²) in [5, 5.41) is 30.9. The Morgan fingerprint density at radius 3 is 1.75 bits per heavy atom. The minimum absolute atomic E-state index is 0.0490. The predicted octanol–water partition coefficient (Wildman–Crippen LogP) is 8.17. The summed E-state index contributed by atoms with van der Waals surface area (Å²) in [6.45, 7) is 10.1. The smallest absolute Gasteiger partial charge is 0.303 e. The predicted molar refractivity (Wildman–Crippen MR) is 189 cm³/mol. The van der Waals surface area contributed by atoms with E-state index in [0.717, 1.165) is 78.8 Å². The van der Waals surface area contributed by atoms with Gasteiger partial charge in [-0.2, -0.15) is 0 Å². The largest absolute Gasteiger partial charge is 0.481 e. The average molecular weight is 645 g/mol. The Kier molecular flexibility index (Phi) is 8.90. The van der Waals surface area contributed by atoms with Gasteiger partial charge in [-0.1, -0.05) is 37.3 Å². The van der Waals surface area contributed by atoms with E-state index >= 15 is 0 Å². The summed E-state index contributed by atoms with van der Waals surface area (Å²) in [6, 6.07) is 17.4. The van der Waals surface area contributed by atoms with Crippen LogP contribution in [0.1, 0.15) is 103 Å². The lowest BCUT2D eigenvalue weighted by Gasteiger charge is -2.11.